The minimum absolute atomic E-state index is 0.148. The van der Waals surface area contributed by atoms with E-state index in [1.807, 2.05) is 27.7 Å². The Labute approximate surface area is 94.1 Å². The van der Waals surface area contributed by atoms with Crippen LogP contribution in [-0.4, -0.2) is 34.1 Å². The van der Waals surface area contributed by atoms with Gasteiger partial charge < -0.3 is 10.2 Å². The van der Waals surface area contributed by atoms with Crippen molar-refractivity contribution >= 4 is 0 Å². The smallest absolute Gasteiger partial charge is 0.111 e. The molecule has 92 valence electrons. The first-order valence-electron chi connectivity index (χ1n) is 6.03. The van der Waals surface area contributed by atoms with Crippen molar-refractivity contribution in [1.29, 1.82) is 0 Å². The van der Waals surface area contributed by atoms with Gasteiger partial charge in [-0.25, -0.2) is 0 Å². The molecule has 0 heterocycles. The van der Waals surface area contributed by atoms with Crippen LogP contribution < -0.4 is 0 Å². The largest absolute Gasteiger partial charge is 0.378 e. The first-order chi connectivity index (χ1) is 6.91. The number of aliphatic hydroxyl groups is 2. The highest BCUT2D eigenvalue weighted by Gasteiger charge is 2.26. The Balaban J connectivity index is 4.42. The molecule has 0 aromatic rings. The topological polar surface area (TPSA) is 43.7 Å². The third kappa shape index (κ3) is 4.96. The molecule has 0 radical (unpaired) electrons. The summed E-state index contributed by atoms with van der Waals surface area (Å²) in [5, 5.41) is 20.0. The van der Waals surface area contributed by atoms with Crippen LogP contribution in [0.15, 0.2) is 0 Å². The van der Waals surface area contributed by atoms with E-state index in [0.717, 1.165) is 19.4 Å². The molecule has 0 aliphatic rings. The summed E-state index contributed by atoms with van der Waals surface area (Å²) in [5.74, 6) is 0.297. The van der Waals surface area contributed by atoms with Crippen molar-refractivity contribution in [3.8, 4) is 0 Å². The Morgan fingerprint density at radius 1 is 0.933 bits per heavy atom. The molecular formula is C12H27NO2. The maximum Gasteiger partial charge on any atom is 0.111 e. The minimum atomic E-state index is -0.547. The summed E-state index contributed by atoms with van der Waals surface area (Å²) in [5.41, 5.74) is 0. The van der Waals surface area contributed by atoms with E-state index in [9.17, 15) is 10.2 Å². The molecule has 0 aliphatic heterocycles. The zero-order chi connectivity index (χ0) is 12.0. The van der Waals surface area contributed by atoms with Crippen LogP contribution in [-0.2, 0) is 0 Å². The van der Waals surface area contributed by atoms with E-state index in [1.54, 1.807) is 4.90 Å². The highest BCUT2D eigenvalue weighted by atomic mass is 16.3. The molecule has 0 rings (SSSR count). The number of rotatable bonds is 7. The lowest BCUT2D eigenvalue weighted by Gasteiger charge is -2.36. The first-order valence-corrected chi connectivity index (χ1v) is 6.03. The van der Waals surface area contributed by atoms with Gasteiger partial charge in [0.25, 0.3) is 0 Å². The van der Waals surface area contributed by atoms with E-state index in [2.05, 4.69) is 6.92 Å². The van der Waals surface area contributed by atoms with Gasteiger partial charge in [-0.2, -0.15) is 0 Å². The number of unbranched alkanes of at least 4 members (excludes halogenated alkanes) is 1. The van der Waals surface area contributed by atoms with Gasteiger partial charge in [0.1, 0.15) is 12.5 Å². The average Bonchev–Trinajstić information content (AvgIpc) is 2.17. The summed E-state index contributed by atoms with van der Waals surface area (Å²) in [6, 6.07) is 0. The third-order valence-electron chi connectivity index (χ3n) is 2.64. The Morgan fingerprint density at radius 2 is 1.33 bits per heavy atom. The minimum Gasteiger partial charge on any atom is -0.378 e. The van der Waals surface area contributed by atoms with Crippen molar-refractivity contribution in [3.63, 3.8) is 0 Å². The highest BCUT2D eigenvalue weighted by molar-refractivity contribution is 4.70. The van der Waals surface area contributed by atoms with E-state index in [4.69, 9.17) is 0 Å². The predicted octanol–water partition coefficient (Wildman–Crippen LogP) is 2.04. The fourth-order valence-electron chi connectivity index (χ4n) is 1.53. The standard InChI is InChI=1S/C12H27NO2/c1-6-7-8-13(11(14)9(2)3)12(15)10(4)5/h9-12,14-15H,6-8H2,1-5H3. The molecule has 0 aromatic heterocycles. The van der Waals surface area contributed by atoms with Crippen molar-refractivity contribution in [2.24, 2.45) is 11.8 Å². The van der Waals surface area contributed by atoms with E-state index >= 15 is 0 Å². The summed E-state index contributed by atoms with van der Waals surface area (Å²) < 4.78 is 0. The fourth-order valence-corrected chi connectivity index (χ4v) is 1.53. The van der Waals surface area contributed by atoms with Gasteiger partial charge in [0.05, 0.1) is 0 Å². The lowest BCUT2D eigenvalue weighted by atomic mass is 10.1. The Bertz CT molecular complexity index is 146. The Hall–Kier alpha value is -0.120. The molecule has 0 aromatic carbocycles. The molecule has 0 fully saturated rings. The van der Waals surface area contributed by atoms with Gasteiger partial charge in [-0.05, 0) is 18.3 Å². The molecule has 2 unspecified atom stereocenters. The van der Waals surface area contributed by atoms with E-state index in [-0.39, 0.29) is 11.8 Å². The van der Waals surface area contributed by atoms with Crippen molar-refractivity contribution in [2.45, 2.75) is 59.9 Å². The lowest BCUT2D eigenvalue weighted by molar-refractivity contribution is -0.136. The van der Waals surface area contributed by atoms with Crippen LogP contribution in [0.3, 0.4) is 0 Å². The zero-order valence-electron chi connectivity index (χ0n) is 10.8. The normalized spacial score (nSPS) is 16.4. The zero-order valence-corrected chi connectivity index (χ0v) is 10.8. The Kier molecular flexibility index (Phi) is 7.14. The van der Waals surface area contributed by atoms with Gasteiger partial charge in [-0.1, -0.05) is 41.0 Å². The molecule has 0 amide bonds. The summed E-state index contributed by atoms with van der Waals surface area (Å²) in [7, 11) is 0. The predicted molar refractivity (Wildman–Crippen MR) is 63.3 cm³/mol. The van der Waals surface area contributed by atoms with E-state index in [1.165, 1.54) is 0 Å². The molecule has 3 heteroatoms. The van der Waals surface area contributed by atoms with Gasteiger partial charge in [-0.3, -0.25) is 4.90 Å². The second-order valence-corrected chi connectivity index (χ2v) is 4.91. The maximum absolute atomic E-state index is 10.00. The van der Waals surface area contributed by atoms with Crippen LogP contribution in [0.4, 0.5) is 0 Å². The van der Waals surface area contributed by atoms with Gasteiger partial charge in [0.2, 0.25) is 0 Å². The second kappa shape index (κ2) is 7.20. The molecule has 0 spiro atoms. The molecule has 0 aliphatic carbocycles. The van der Waals surface area contributed by atoms with Crippen LogP contribution in [0.2, 0.25) is 0 Å². The quantitative estimate of drug-likeness (QED) is 0.641. The van der Waals surface area contributed by atoms with Crippen LogP contribution in [0.1, 0.15) is 47.5 Å². The van der Waals surface area contributed by atoms with Crippen LogP contribution >= 0.6 is 0 Å². The molecule has 0 bridgehead atoms. The first kappa shape index (κ1) is 14.9. The SMILES string of the molecule is CCCCN(C(O)C(C)C)C(O)C(C)C. The van der Waals surface area contributed by atoms with Crippen molar-refractivity contribution in [1.82, 2.24) is 4.90 Å². The molecule has 3 nitrogen and oxygen atoms in total. The number of nitrogens with zero attached hydrogens (tertiary/aromatic N) is 1. The van der Waals surface area contributed by atoms with Crippen LogP contribution in [0.5, 0.6) is 0 Å². The van der Waals surface area contributed by atoms with E-state index < -0.39 is 12.5 Å². The lowest BCUT2D eigenvalue weighted by Crippen LogP contribution is -2.48. The van der Waals surface area contributed by atoms with Crippen LogP contribution in [0.25, 0.3) is 0 Å². The molecule has 2 N–H and O–H groups in total. The molecule has 2 atom stereocenters. The van der Waals surface area contributed by atoms with Crippen molar-refractivity contribution in [2.75, 3.05) is 6.54 Å². The fraction of sp³-hybridized carbons (Fsp3) is 1.00. The average molecular weight is 217 g/mol. The molecule has 0 saturated carbocycles. The number of hydrogen-bond acceptors (Lipinski definition) is 3. The highest BCUT2D eigenvalue weighted by Crippen LogP contribution is 2.16. The second-order valence-electron chi connectivity index (χ2n) is 4.91. The number of aliphatic hydroxyl groups excluding tert-OH is 2. The summed E-state index contributed by atoms with van der Waals surface area (Å²) in [4.78, 5) is 1.80. The third-order valence-corrected chi connectivity index (χ3v) is 2.64. The molecule has 15 heavy (non-hydrogen) atoms. The summed E-state index contributed by atoms with van der Waals surface area (Å²) in [6.45, 7) is 10.7. The summed E-state index contributed by atoms with van der Waals surface area (Å²) >= 11 is 0. The number of hydrogen-bond donors (Lipinski definition) is 2. The van der Waals surface area contributed by atoms with Crippen molar-refractivity contribution in [3.05, 3.63) is 0 Å². The van der Waals surface area contributed by atoms with Gasteiger partial charge >= 0.3 is 0 Å². The molecule has 0 saturated heterocycles. The Morgan fingerprint density at radius 3 is 1.60 bits per heavy atom. The van der Waals surface area contributed by atoms with Crippen molar-refractivity contribution < 1.29 is 10.2 Å². The monoisotopic (exact) mass is 217 g/mol. The van der Waals surface area contributed by atoms with Gasteiger partial charge in [0.15, 0.2) is 0 Å². The summed E-state index contributed by atoms with van der Waals surface area (Å²) in [6.07, 6.45) is 0.988. The van der Waals surface area contributed by atoms with Crippen LogP contribution in [0, 0.1) is 11.8 Å². The van der Waals surface area contributed by atoms with E-state index in [0.29, 0.717) is 0 Å². The van der Waals surface area contributed by atoms with Gasteiger partial charge in [-0.15, -0.1) is 0 Å². The maximum atomic E-state index is 10.00. The van der Waals surface area contributed by atoms with Gasteiger partial charge in [0, 0.05) is 6.54 Å². The molecular weight excluding hydrogens is 190 g/mol.